The molecule has 110 valence electrons. The normalized spacial score (nSPS) is 10.5. The fraction of sp³-hybridized carbons (Fsp3) is 0. The van der Waals surface area contributed by atoms with Crippen molar-refractivity contribution >= 4 is 23.2 Å². The first-order valence-corrected chi connectivity index (χ1v) is 6.75. The molecule has 3 rings (SSSR count). The molecule has 2 aromatic carbocycles. The number of amides is 1. The summed E-state index contributed by atoms with van der Waals surface area (Å²) in [5.41, 5.74) is 1.08. The standard InChI is InChI=1S/C15H10ClFN4O/c16-12-8-10(17)6-7-13(12)19-15(22)14-18-9-21(20-14)11-4-2-1-3-5-11/h1-9H,(H,19,22). The molecular formula is C15H10ClFN4O. The van der Waals surface area contributed by atoms with Crippen LogP contribution in [-0.4, -0.2) is 20.7 Å². The quantitative estimate of drug-likeness (QED) is 0.806. The molecule has 0 aliphatic heterocycles. The summed E-state index contributed by atoms with van der Waals surface area (Å²) in [4.78, 5) is 16.1. The molecule has 0 radical (unpaired) electrons. The summed E-state index contributed by atoms with van der Waals surface area (Å²) in [6, 6.07) is 13.0. The molecule has 0 fully saturated rings. The lowest BCUT2D eigenvalue weighted by atomic mass is 10.3. The number of carbonyl (C=O) groups is 1. The first kappa shape index (κ1) is 14.2. The zero-order valence-corrected chi connectivity index (χ0v) is 12.0. The molecular weight excluding hydrogens is 307 g/mol. The summed E-state index contributed by atoms with van der Waals surface area (Å²) in [5, 5.41) is 6.75. The highest BCUT2D eigenvalue weighted by molar-refractivity contribution is 6.33. The van der Waals surface area contributed by atoms with Crippen LogP contribution in [0.3, 0.4) is 0 Å². The molecule has 0 saturated heterocycles. The maximum atomic E-state index is 13.0. The van der Waals surface area contributed by atoms with Gasteiger partial charge in [-0.15, -0.1) is 5.10 Å². The lowest BCUT2D eigenvalue weighted by Crippen LogP contribution is -2.14. The molecule has 0 spiro atoms. The van der Waals surface area contributed by atoms with E-state index in [1.165, 1.54) is 23.1 Å². The van der Waals surface area contributed by atoms with Crippen molar-refractivity contribution < 1.29 is 9.18 Å². The van der Waals surface area contributed by atoms with Crippen LogP contribution in [0.2, 0.25) is 5.02 Å². The number of benzene rings is 2. The molecule has 0 bridgehead atoms. The SMILES string of the molecule is O=C(Nc1ccc(F)cc1Cl)c1ncn(-c2ccccc2)n1. The van der Waals surface area contributed by atoms with Gasteiger partial charge in [0.25, 0.3) is 5.91 Å². The molecule has 1 heterocycles. The molecule has 0 aliphatic carbocycles. The Labute approximate surface area is 130 Å². The Hall–Kier alpha value is -2.73. The number of anilines is 1. The third-order valence-electron chi connectivity index (χ3n) is 2.90. The molecule has 1 aromatic heterocycles. The van der Waals surface area contributed by atoms with Crippen molar-refractivity contribution in [3.63, 3.8) is 0 Å². The van der Waals surface area contributed by atoms with Crippen molar-refractivity contribution in [1.29, 1.82) is 0 Å². The van der Waals surface area contributed by atoms with Gasteiger partial charge in [-0.1, -0.05) is 29.8 Å². The van der Waals surface area contributed by atoms with E-state index in [2.05, 4.69) is 15.4 Å². The molecule has 0 aliphatic rings. The monoisotopic (exact) mass is 316 g/mol. The molecule has 1 N–H and O–H groups in total. The predicted octanol–water partition coefficient (Wildman–Crippen LogP) is 3.31. The van der Waals surface area contributed by atoms with Crippen LogP contribution in [0.15, 0.2) is 54.9 Å². The molecule has 5 nitrogen and oxygen atoms in total. The van der Waals surface area contributed by atoms with Crippen LogP contribution >= 0.6 is 11.6 Å². The Bertz CT molecular complexity index is 819. The van der Waals surface area contributed by atoms with Gasteiger partial charge in [0.15, 0.2) is 0 Å². The van der Waals surface area contributed by atoms with Gasteiger partial charge in [-0.2, -0.15) is 0 Å². The molecule has 0 unspecified atom stereocenters. The van der Waals surface area contributed by atoms with Gasteiger partial charge in [-0.25, -0.2) is 14.1 Å². The zero-order chi connectivity index (χ0) is 15.5. The van der Waals surface area contributed by atoms with E-state index in [0.717, 1.165) is 11.8 Å². The number of nitrogens with zero attached hydrogens (tertiary/aromatic N) is 3. The second-order valence-electron chi connectivity index (χ2n) is 4.43. The lowest BCUT2D eigenvalue weighted by Gasteiger charge is -2.04. The number of hydrogen-bond acceptors (Lipinski definition) is 3. The summed E-state index contributed by atoms with van der Waals surface area (Å²) < 4.78 is 14.5. The lowest BCUT2D eigenvalue weighted by molar-refractivity contribution is 0.101. The number of hydrogen-bond donors (Lipinski definition) is 1. The van der Waals surface area contributed by atoms with E-state index in [1.54, 1.807) is 0 Å². The van der Waals surface area contributed by atoms with E-state index in [4.69, 9.17) is 11.6 Å². The maximum absolute atomic E-state index is 13.0. The molecule has 0 atom stereocenters. The largest absolute Gasteiger partial charge is 0.318 e. The summed E-state index contributed by atoms with van der Waals surface area (Å²) in [7, 11) is 0. The smallest absolute Gasteiger partial charge is 0.295 e. The molecule has 3 aromatic rings. The van der Waals surface area contributed by atoms with Gasteiger partial charge >= 0.3 is 0 Å². The van der Waals surface area contributed by atoms with Crippen LogP contribution in [0.25, 0.3) is 5.69 Å². The summed E-state index contributed by atoms with van der Waals surface area (Å²) in [6.45, 7) is 0. The number of para-hydroxylation sites is 1. The Balaban J connectivity index is 1.80. The van der Waals surface area contributed by atoms with Crippen molar-refractivity contribution in [2.75, 3.05) is 5.32 Å². The van der Waals surface area contributed by atoms with Crippen molar-refractivity contribution in [2.45, 2.75) is 0 Å². The third kappa shape index (κ3) is 2.96. The minimum Gasteiger partial charge on any atom is -0.318 e. The summed E-state index contributed by atoms with van der Waals surface area (Å²) in [5.74, 6) is -1.01. The first-order chi connectivity index (χ1) is 10.6. The molecule has 0 saturated carbocycles. The minimum absolute atomic E-state index is 0.00996. The van der Waals surface area contributed by atoms with E-state index < -0.39 is 11.7 Å². The first-order valence-electron chi connectivity index (χ1n) is 6.37. The molecule has 7 heteroatoms. The van der Waals surface area contributed by atoms with Crippen molar-refractivity contribution in [3.8, 4) is 5.69 Å². The highest BCUT2D eigenvalue weighted by Crippen LogP contribution is 2.22. The zero-order valence-electron chi connectivity index (χ0n) is 11.2. The average Bonchev–Trinajstić information content (AvgIpc) is 3.01. The molecule has 22 heavy (non-hydrogen) atoms. The second kappa shape index (κ2) is 5.95. The summed E-state index contributed by atoms with van der Waals surface area (Å²) in [6.07, 6.45) is 1.44. The van der Waals surface area contributed by atoms with Crippen LogP contribution < -0.4 is 5.32 Å². The van der Waals surface area contributed by atoms with Gasteiger partial charge in [0, 0.05) is 0 Å². The van der Waals surface area contributed by atoms with Crippen LogP contribution in [0, 0.1) is 5.82 Å². The van der Waals surface area contributed by atoms with E-state index in [1.807, 2.05) is 30.3 Å². The van der Waals surface area contributed by atoms with Gasteiger partial charge in [0.1, 0.15) is 12.1 Å². The van der Waals surface area contributed by atoms with Gasteiger partial charge in [0.05, 0.1) is 16.4 Å². The molecule has 1 amide bonds. The fourth-order valence-corrected chi connectivity index (χ4v) is 2.06. The van der Waals surface area contributed by atoms with Crippen LogP contribution in [0.1, 0.15) is 10.6 Å². The van der Waals surface area contributed by atoms with E-state index in [0.29, 0.717) is 5.69 Å². The number of halogens is 2. The topological polar surface area (TPSA) is 59.8 Å². The third-order valence-corrected chi connectivity index (χ3v) is 3.21. The van der Waals surface area contributed by atoms with E-state index in [-0.39, 0.29) is 10.8 Å². The highest BCUT2D eigenvalue weighted by atomic mass is 35.5. The average molecular weight is 317 g/mol. The fourth-order valence-electron chi connectivity index (χ4n) is 1.84. The number of carbonyl (C=O) groups excluding carboxylic acids is 1. The van der Waals surface area contributed by atoms with Crippen molar-refractivity contribution in [1.82, 2.24) is 14.8 Å². The Morgan fingerprint density at radius 2 is 1.95 bits per heavy atom. The highest BCUT2D eigenvalue weighted by Gasteiger charge is 2.14. The number of rotatable bonds is 3. The van der Waals surface area contributed by atoms with Crippen LogP contribution in [0.4, 0.5) is 10.1 Å². The van der Waals surface area contributed by atoms with Crippen LogP contribution in [-0.2, 0) is 0 Å². The Morgan fingerprint density at radius 3 is 2.68 bits per heavy atom. The summed E-state index contributed by atoms with van der Waals surface area (Å²) >= 11 is 5.86. The number of aromatic nitrogens is 3. The second-order valence-corrected chi connectivity index (χ2v) is 4.83. The van der Waals surface area contributed by atoms with Gasteiger partial charge in [-0.3, -0.25) is 4.79 Å². The van der Waals surface area contributed by atoms with Gasteiger partial charge < -0.3 is 5.32 Å². The van der Waals surface area contributed by atoms with Crippen molar-refractivity contribution in [3.05, 3.63) is 71.5 Å². The number of nitrogens with one attached hydrogen (secondary N) is 1. The van der Waals surface area contributed by atoms with Gasteiger partial charge in [0.2, 0.25) is 5.82 Å². The maximum Gasteiger partial charge on any atom is 0.295 e. The Morgan fingerprint density at radius 1 is 1.18 bits per heavy atom. The van der Waals surface area contributed by atoms with E-state index in [9.17, 15) is 9.18 Å². The van der Waals surface area contributed by atoms with Crippen LogP contribution in [0.5, 0.6) is 0 Å². The van der Waals surface area contributed by atoms with Crippen molar-refractivity contribution in [2.24, 2.45) is 0 Å². The van der Waals surface area contributed by atoms with Gasteiger partial charge in [-0.05, 0) is 30.3 Å². The van der Waals surface area contributed by atoms with E-state index >= 15 is 0 Å². The Kier molecular flexibility index (Phi) is 3.84. The predicted molar refractivity (Wildman–Crippen MR) is 80.7 cm³/mol. The minimum atomic E-state index is -0.525.